The number of anilines is 3. The fraction of sp³-hybridized carbons (Fsp3) is 0.0145. The Morgan fingerprint density at radius 3 is 1.65 bits per heavy atom. The second-order valence-corrected chi connectivity index (χ2v) is 18.8. The van der Waals surface area contributed by atoms with E-state index >= 15 is 0 Å². The smallest absolute Gasteiger partial charge is 0.0714 e. The van der Waals surface area contributed by atoms with Gasteiger partial charge in [-0.15, -0.1) is 0 Å². The van der Waals surface area contributed by atoms with Crippen LogP contribution in [0.4, 0.5) is 17.1 Å². The van der Waals surface area contributed by atoms with Crippen LogP contribution in [0.1, 0.15) is 22.3 Å². The summed E-state index contributed by atoms with van der Waals surface area (Å²) in [5.74, 6) is 0. The molecule has 0 radical (unpaired) electrons. The Kier molecular flexibility index (Phi) is 9.47. The summed E-state index contributed by atoms with van der Waals surface area (Å²) < 4.78 is 2.50. The van der Waals surface area contributed by atoms with Crippen molar-refractivity contribution in [2.75, 3.05) is 4.90 Å². The molecule has 12 aromatic carbocycles. The molecule has 0 fully saturated rings. The summed E-state index contributed by atoms with van der Waals surface area (Å²) in [6.07, 6.45) is 0. The van der Waals surface area contributed by atoms with Gasteiger partial charge in [-0.3, -0.25) is 0 Å². The summed E-state index contributed by atoms with van der Waals surface area (Å²) in [6.45, 7) is 0. The SMILES string of the molecule is c1ccc(-c2ccc(C3(c4ccccc4)c4ccccc4-c4ccc(N(c5ccc6c7ccc8ccccc8c7n(-c7cccc(-c8ccccc8)c7)c6c5)c5cccc6ccccc56)cc43)cc2)cc1. The van der Waals surface area contributed by atoms with Gasteiger partial charge >= 0.3 is 0 Å². The van der Waals surface area contributed by atoms with Crippen LogP contribution in [-0.2, 0) is 5.41 Å². The van der Waals surface area contributed by atoms with E-state index in [-0.39, 0.29) is 0 Å². The molecule has 1 aromatic heterocycles. The van der Waals surface area contributed by atoms with Crippen LogP contribution in [0.15, 0.2) is 279 Å². The second-order valence-electron chi connectivity index (χ2n) is 18.8. The van der Waals surface area contributed by atoms with E-state index in [1.165, 1.54) is 93.5 Å². The van der Waals surface area contributed by atoms with E-state index in [4.69, 9.17) is 0 Å². The molecule has 1 aliphatic rings. The summed E-state index contributed by atoms with van der Waals surface area (Å²) in [5, 5.41) is 7.27. The van der Waals surface area contributed by atoms with Crippen molar-refractivity contribution in [3.8, 4) is 39.1 Å². The van der Waals surface area contributed by atoms with Crippen molar-refractivity contribution in [2.45, 2.75) is 5.41 Å². The highest BCUT2D eigenvalue weighted by Crippen LogP contribution is 2.58. The Hall–Kier alpha value is -9.24. The summed E-state index contributed by atoms with van der Waals surface area (Å²) in [5.41, 5.74) is 18.5. The molecule has 0 amide bonds. The zero-order chi connectivity index (χ0) is 46.9. The molecule has 0 saturated carbocycles. The standard InChI is InChI=1S/C69H46N2/c1-4-18-47(19-5-1)49-34-37-54(38-35-49)69(53-26-8-3-9-27-53)64-32-15-14-31-60(64)61-42-39-56(45-65(61)69)70(66-33-17-24-50-22-10-12-29-58(50)66)57-40-43-62-63-41-36-51-23-11-13-30-59(51)68(63)71(67(62)46-57)55-28-16-25-52(44-55)48-20-6-2-7-21-48/h1-46H. The zero-order valence-corrected chi connectivity index (χ0v) is 39.0. The topological polar surface area (TPSA) is 8.17 Å². The first-order valence-electron chi connectivity index (χ1n) is 24.6. The maximum atomic E-state index is 2.50. The Balaban J connectivity index is 1.04. The molecule has 1 unspecified atom stereocenters. The maximum absolute atomic E-state index is 2.50. The van der Waals surface area contributed by atoms with Gasteiger partial charge in [-0.25, -0.2) is 0 Å². The van der Waals surface area contributed by atoms with Crippen LogP contribution in [0.25, 0.3) is 82.4 Å². The normalized spacial score (nSPS) is 14.0. The molecular formula is C69H46N2. The first-order chi connectivity index (χ1) is 35.2. The minimum atomic E-state index is -0.593. The van der Waals surface area contributed by atoms with Gasteiger partial charge in [0.2, 0.25) is 0 Å². The molecule has 1 atom stereocenters. The highest BCUT2D eigenvalue weighted by atomic mass is 15.1. The minimum Gasteiger partial charge on any atom is -0.310 e. The van der Waals surface area contributed by atoms with Crippen molar-refractivity contribution in [1.82, 2.24) is 4.57 Å². The zero-order valence-electron chi connectivity index (χ0n) is 39.0. The molecule has 0 spiro atoms. The van der Waals surface area contributed by atoms with Crippen LogP contribution in [0.5, 0.6) is 0 Å². The van der Waals surface area contributed by atoms with E-state index < -0.39 is 5.41 Å². The second kappa shape index (κ2) is 16.5. The third-order valence-corrected chi connectivity index (χ3v) is 15.0. The van der Waals surface area contributed by atoms with E-state index in [9.17, 15) is 0 Å². The summed E-state index contributed by atoms with van der Waals surface area (Å²) in [7, 11) is 0. The minimum absolute atomic E-state index is 0.593. The van der Waals surface area contributed by atoms with Crippen LogP contribution in [0.3, 0.4) is 0 Å². The molecule has 0 bridgehead atoms. The van der Waals surface area contributed by atoms with Crippen molar-refractivity contribution in [3.63, 3.8) is 0 Å². The molecule has 0 N–H and O–H groups in total. The van der Waals surface area contributed by atoms with E-state index in [0.29, 0.717) is 0 Å². The van der Waals surface area contributed by atoms with Crippen LogP contribution in [-0.4, -0.2) is 4.57 Å². The molecule has 0 saturated heterocycles. The van der Waals surface area contributed by atoms with Crippen LogP contribution in [0.2, 0.25) is 0 Å². The molecule has 71 heavy (non-hydrogen) atoms. The number of hydrogen-bond donors (Lipinski definition) is 0. The lowest BCUT2D eigenvalue weighted by Crippen LogP contribution is -2.28. The molecule has 13 aromatic rings. The van der Waals surface area contributed by atoms with Gasteiger partial charge in [-0.2, -0.15) is 0 Å². The van der Waals surface area contributed by atoms with Crippen molar-refractivity contribution >= 4 is 60.4 Å². The van der Waals surface area contributed by atoms with Gasteiger partial charge in [0.15, 0.2) is 0 Å². The third-order valence-electron chi connectivity index (χ3n) is 15.0. The number of benzene rings is 12. The van der Waals surface area contributed by atoms with Gasteiger partial charge in [0, 0.05) is 38.6 Å². The lowest BCUT2D eigenvalue weighted by Gasteiger charge is -2.35. The average molecular weight is 903 g/mol. The van der Waals surface area contributed by atoms with E-state index in [1.807, 2.05) is 0 Å². The molecule has 1 aliphatic carbocycles. The number of aromatic nitrogens is 1. The number of nitrogens with zero attached hydrogens (tertiary/aromatic N) is 2. The fourth-order valence-corrected chi connectivity index (χ4v) is 11.9. The summed E-state index contributed by atoms with van der Waals surface area (Å²) in [4.78, 5) is 2.50. The predicted molar refractivity (Wildman–Crippen MR) is 299 cm³/mol. The third kappa shape index (κ3) is 6.42. The van der Waals surface area contributed by atoms with E-state index in [0.717, 1.165) is 28.3 Å². The van der Waals surface area contributed by atoms with Crippen LogP contribution in [0, 0.1) is 0 Å². The highest BCUT2D eigenvalue weighted by molar-refractivity contribution is 6.19. The summed E-state index contributed by atoms with van der Waals surface area (Å²) in [6, 6.07) is 103. The van der Waals surface area contributed by atoms with Gasteiger partial charge < -0.3 is 9.47 Å². The average Bonchev–Trinajstić information content (AvgIpc) is 3.94. The van der Waals surface area contributed by atoms with E-state index in [2.05, 4.69) is 289 Å². The van der Waals surface area contributed by atoms with Gasteiger partial charge in [0.05, 0.1) is 22.1 Å². The quantitative estimate of drug-likeness (QED) is 0.147. The van der Waals surface area contributed by atoms with Gasteiger partial charge in [0.25, 0.3) is 0 Å². The number of rotatable bonds is 8. The van der Waals surface area contributed by atoms with Crippen LogP contribution >= 0.6 is 0 Å². The fourth-order valence-electron chi connectivity index (χ4n) is 11.9. The number of fused-ring (bicyclic) bond motifs is 9. The Morgan fingerprint density at radius 1 is 0.310 bits per heavy atom. The first-order valence-corrected chi connectivity index (χ1v) is 24.6. The van der Waals surface area contributed by atoms with E-state index in [1.54, 1.807) is 0 Å². The maximum Gasteiger partial charge on any atom is 0.0714 e. The molecule has 332 valence electrons. The number of hydrogen-bond acceptors (Lipinski definition) is 1. The molecule has 2 nitrogen and oxygen atoms in total. The van der Waals surface area contributed by atoms with Crippen molar-refractivity contribution in [1.29, 1.82) is 0 Å². The predicted octanol–water partition coefficient (Wildman–Crippen LogP) is 18.3. The molecular weight excluding hydrogens is 857 g/mol. The van der Waals surface area contributed by atoms with Gasteiger partial charge in [-0.05, 0) is 109 Å². The van der Waals surface area contributed by atoms with Crippen molar-refractivity contribution in [3.05, 3.63) is 301 Å². The molecule has 1 heterocycles. The first kappa shape index (κ1) is 40.8. The molecule has 2 heteroatoms. The monoisotopic (exact) mass is 902 g/mol. The largest absolute Gasteiger partial charge is 0.310 e. The Morgan fingerprint density at radius 2 is 0.859 bits per heavy atom. The van der Waals surface area contributed by atoms with Crippen molar-refractivity contribution < 1.29 is 0 Å². The summed E-state index contributed by atoms with van der Waals surface area (Å²) >= 11 is 0. The van der Waals surface area contributed by atoms with Gasteiger partial charge in [-0.1, -0.05) is 237 Å². The Bertz CT molecular complexity index is 4150. The lowest BCUT2D eigenvalue weighted by atomic mass is 9.67. The molecule has 14 rings (SSSR count). The van der Waals surface area contributed by atoms with Gasteiger partial charge in [0.1, 0.15) is 0 Å². The highest BCUT2D eigenvalue weighted by Gasteiger charge is 2.46. The molecule has 0 aliphatic heterocycles. The lowest BCUT2D eigenvalue weighted by molar-refractivity contribution is 0.768. The van der Waals surface area contributed by atoms with Crippen molar-refractivity contribution in [2.24, 2.45) is 0 Å². The Labute approximate surface area is 413 Å². The van der Waals surface area contributed by atoms with Crippen LogP contribution < -0.4 is 4.90 Å².